The first kappa shape index (κ1) is 20.9. The van der Waals surface area contributed by atoms with E-state index in [1.54, 1.807) is 6.07 Å². The van der Waals surface area contributed by atoms with Crippen LogP contribution < -0.4 is 9.64 Å². The van der Waals surface area contributed by atoms with Gasteiger partial charge >= 0.3 is 6.18 Å². The van der Waals surface area contributed by atoms with Gasteiger partial charge in [0.15, 0.2) is 9.84 Å². The second-order valence-electron chi connectivity index (χ2n) is 6.96. The van der Waals surface area contributed by atoms with E-state index < -0.39 is 33.4 Å². The molecule has 31 heavy (non-hydrogen) atoms. The molecule has 3 aromatic carbocycles. The SMILES string of the molecule is O=C(c1cccc(C(F)(F)F)c1)N1CS(=O)(=O)c2ccccc21.c1cc2ccc1CO2. The fraction of sp³-hybridized carbons (Fsp3) is 0.136. The van der Waals surface area contributed by atoms with Crippen molar-refractivity contribution in [1.82, 2.24) is 0 Å². The van der Waals surface area contributed by atoms with Gasteiger partial charge in [-0.15, -0.1) is 0 Å². The summed E-state index contributed by atoms with van der Waals surface area (Å²) >= 11 is 0. The maximum atomic E-state index is 12.7. The number of anilines is 1. The highest BCUT2D eigenvalue weighted by Gasteiger charge is 2.37. The molecule has 0 aromatic heterocycles. The van der Waals surface area contributed by atoms with E-state index in [2.05, 4.69) is 12.1 Å². The lowest BCUT2D eigenvalue weighted by Gasteiger charge is -2.16. The highest BCUT2D eigenvalue weighted by Crippen LogP contribution is 2.35. The fourth-order valence-electron chi connectivity index (χ4n) is 3.25. The Morgan fingerprint density at radius 3 is 2.19 bits per heavy atom. The smallest absolute Gasteiger partial charge is 0.416 e. The first-order chi connectivity index (χ1) is 14.6. The fourth-order valence-corrected chi connectivity index (χ4v) is 4.77. The topological polar surface area (TPSA) is 63.7 Å². The van der Waals surface area contributed by atoms with Crippen LogP contribution in [0.5, 0.6) is 5.75 Å². The zero-order chi connectivity index (χ0) is 22.2. The maximum absolute atomic E-state index is 12.7. The Morgan fingerprint density at radius 1 is 0.935 bits per heavy atom. The molecule has 0 N–H and O–H groups in total. The standard InChI is InChI=1S/C15H10F3NO3S.C7H6O/c16-15(17,18)11-5-3-4-10(8-11)14(20)19-9-23(21,22)13-7-2-1-6-12(13)19;1-3-7-4-2-6(1)5-8-7/h1-8H,9H2;1-4H,5H2. The summed E-state index contributed by atoms with van der Waals surface area (Å²) < 4.78 is 67.5. The van der Waals surface area contributed by atoms with Crippen LogP contribution in [0.4, 0.5) is 18.9 Å². The molecule has 3 aliphatic heterocycles. The molecule has 1 amide bonds. The lowest BCUT2D eigenvalue weighted by molar-refractivity contribution is -0.137. The van der Waals surface area contributed by atoms with Crippen LogP contribution in [0.1, 0.15) is 21.5 Å². The number of rotatable bonds is 1. The van der Waals surface area contributed by atoms with E-state index in [1.807, 2.05) is 12.1 Å². The molecule has 9 heteroatoms. The van der Waals surface area contributed by atoms with Crippen LogP contribution in [-0.2, 0) is 22.6 Å². The van der Waals surface area contributed by atoms with Crippen molar-refractivity contribution in [2.45, 2.75) is 17.7 Å². The van der Waals surface area contributed by atoms with Crippen molar-refractivity contribution < 1.29 is 31.1 Å². The number of carbonyl (C=O) groups is 1. The normalized spacial score (nSPS) is 15.5. The number of benzene rings is 3. The van der Waals surface area contributed by atoms with Crippen LogP contribution in [-0.4, -0.2) is 20.2 Å². The summed E-state index contributed by atoms with van der Waals surface area (Å²) in [7, 11) is -3.66. The number of ether oxygens (including phenoxy) is 1. The van der Waals surface area contributed by atoms with Crippen molar-refractivity contribution in [3.8, 4) is 5.75 Å². The maximum Gasteiger partial charge on any atom is 0.416 e. The number of hydrogen-bond acceptors (Lipinski definition) is 4. The minimum atomic E-state index is -4.58. The second kappa shape index (κ2) is 7.73. The minimum absolute atomic E-state index is 0.000302. The zero-order valence-corrected chi connectivity index (χ0v) is 16.8. The third-order valence-corrected chi connectivity index (χ3v) is 6.41. The zero-order valence-electron chi connectivity index (χ0n) is 16.0. The molecule has 3 aliphatic rings. The Labute approximate surface area is 176 Å². The highest BCUT2D eigenvalue weighted by molar-refractivity contribution is 7.92. The molecule has 0 radical (unpaired) electrons. The number of carbonyl (C=O) groups excluding carboxylic acids is 1. The number of nitrogens with zero attached hydrogens (tertiary/aromatic N) is 1. The average molecular weight is 447 g/mol. The summed E-state index contributed by atoms with van der Waals surface area (Å²) in [5.74, 6) is -0.383. The summed E-state index contributed by atoms with van der Waals surface area (Å²) in [6, 6.07) is 17.9. The number of para-hydroxylation sites is 1. The van der Waals surface area contributed by atoms with Gasteiger partial charge in [0, 0.05) is 5.56 Å². The van der Waals surface area contributed by atoms with Gasteiger partial charge in [-0.05, 0) is 48.0 Å². The predicted molar refractivity (Wildman–Crippen MR) is 108 cm³/mol. The van der Waals surface area contributed by atoms with E-state index >= 15 is 0 Å². The molecule has 0 atom stereocenters. The van der Waals surface area contributed by atoms with Gasteiger partial charge < -0.3 is 4.74 Å². The van der Waals surface area contributed by atoms with Gasteiger partial charge in [-0.1, -0.05) is 30.3 Å². The van der Waals surface area contributed by atoms with Crippen molar-refractivity contribution in [2.24, 2.45) is 0 Å². The van der Waals surface area contributed by atoms with Gasteiger partial charge in [0.2, 0.25) is 0 Å². The minimum Gasteiger partial charge on any atom is -0.489 e. The number of halogens is 3. The van der Waals surface area contributed by atoms with Gasteiger partial charge in [0.05, 0.1) is 16.1 Å². The van der Waals surface area contributed by atoms with Gasteiger partial charge in [-0.2, -0.15) is 13.2 Å². The summed E-state index contributed by atoms with van der Waals surface area (Å²) in [6.45, 7) is 0.766. The van der Waals surface area contributed by atoms with E-state index in [4.69, 9.17) is 4.74 Å². The number of amides is 1. The molecule has 6 rings (SSSR count). The van der Waals surface area contributed by atoms with Crippen molar-refractivity contribution in [1.29, 1.82) is 0 Å². The van der Waals surface area contributed by atoms with Crippen molar-refractivity contribution >= 4 is 21.4 Å². The monoisotopic (exact) mass is 447 g/mol. The van der Waals surface area contributed by atoms with Crippen LogP contribution in [0, 0.1) is 0 Å². The largest absolute Gasteiger partial charge is 0.489 e. The Balaban J connectivity index is 0.000000239. The lowest BCUT2D eigenvalue weighted by atomic mass is 10.1. The summed E-state index contributed by atoms with van der Waals surface area (Å²) in [5, 5.41) is 0. The molecule has 0 fully saturated rings. The van der Waals surface area contributed by atoms with Crippen LogP contribution >= 0.6 is 0 Å². The van der Waals surface area contributed by atoms with Gasteiger partial charge in [-0.25, -0.2) is 8.42 Å². The number of sulfone groups is 1. The quantitative estimate of drug-likeness (QED) is 0.544. The van der Waals surface area contributed by atoms with Crippen molar-refractivity contribution in [2.75, 3.05) is 10.8 Å². The van der Waals surface area contributed by atoms with E-state index in [0.29, 0.717) is 0 Å². The molecular formula is C22H16F3NO4S. The van der Waals surface area contributed by atoms with Gasteiger partial charge in [0.25, 0.3) is 5.91 Å². The Hall–Kier alpha value is -3.33. The summed E-state index contributed by atoms with van der Waals surface area (Å²) in [5.41, 5.74) is 0.264. The van der Waals surface area contributed by atoms with Crippen molar-refractivity contribution in [3.63, 3.8) is 0 Å². The lowest BCUT2D eigenvalue weighted by Crippen LogP contribution is -2.30. The average Bonchev–Trinajstić information content (AvgIpc) is 3.06. The molecule has 0 unspecified atom stereocenters. The van der Waals surface area contributed by atoms with Crippen LogP contribution in [0.2, 0.25) is 0 Å². The predicted octanol–water partition coefficient (Wildman–Crippen LogP) is 4.68. The molecule has 5 nitrogen and oxygen atoms in total. The van der Waals surface area contributed by atoms with Gasteiger partial charge in [-0.3, -0.25) is 9.69 Å². The summed E-state index contributed by atoms with van der Waals surface area (Å²) in [4.78, 5) is 13.4. The van der Waals surface area contributed by atoms with E-state index in [9.17, 15) is 26.4 Å². The van der Waals surface area contributed by atoms with E-state index in [0.717, 1.165) is 35.5 Å². The van der Waals surface area contributed by atoms with E-state index in [-0.39, 0.29) is 16.1 Å². The number of alkyl halides is 3. The third kappa shape index (κ3) is 4.27. The van der Waals surface area contributed by atoms with E-state index in [1.165, 1.54) is 29.8 Å². The molecular weight excluding hydrogens is 431 g/mol. The van der Waals surface area contributed by atoms with Crippen LogP contribution in [0.15, 0.2) is 77.7 Å². The molecule has 160 valence electrons. The van der Waals surface area contributed by atoms with Gasteiger partial charge in [0.1, 0.15) is 18.2 Å². The molecule has 0 saturated carbocycles. The second-order valence-corrected chi connectivity index (χ2v) is 8.88. The van der Waals surface area contributed by atoms with Crippen LogP contribution in [0.3, 0.4) is 0 Å². The molecule has 3 heterocycles. The summed E-state index contributed by atoms with van der Waals surface area (Å²) in [6.07, 6.45) is -4.58. The van der Waals surface area contributed by atoms with Crippen LogP contribution in [0.25, 0.3) is 0 Å². The molecule has 0 spiro atoms. The molecule has 0 saturated heterocycles. The van der Waals surface area contributed by atoms with Crippen molar-refractivity contribution in [3.05, 3.63) is 89.5 Å². The Kier molecular flexibility index (Phi) is 5.22. The molecule has 2 bridgehead atoms. The molecule has 0 aliphatic carbocycles. The molecule has 3 aromatic rings. The first-order valence-corrected chi connectivity index (χ1v) is 10.8. The third-order valence-electron chi connectivity index (χ3n) is 4.80. The highest BCUT2D eigenvalue weighted by atomic mass is 32.2. The number of fused-ring (bicyclic) bond motifs is 4. The number of hydrogen-bond donors (Lipinski definition) is 0. The first-order valence-electron chi connectivity index (χ1n) is 9.18. The Morgan fingerprint density at radius 2 is 1.65 bits per heavy atom. The Bertz CT molecular complexity index is 1220.